The summed E-state index contributed by atoms with van der Waals surface area (Å²) in [5.41, 5.74) is 3.43. The van der Waals surface area contributed by atoms with E-state index in [2.05, 4.69) is 17.3 Å². The van der Waals surface area contributed by atoms with Crippen LogP contribution >= 0.6 is 0 Å². The van der Waals surface area contributed by atoms with E-state index in [0.29, 0.717) is 18.0 Å². The van der Waals surface area contributed by atoms with E-state index in [1.165, 1.54) is 0 Å². The predicted octanol–water partition coefficient (Wildman–Crippen LogP) is 4.30. The van der Waals surface area contributed by atoms with Crippen LogP contribution in [0, 0.1) is 13.8 Å². The van der Waals surface area contributed by atoms with Gasteiger partial charge in [-0.05, 0) is 62.7 Å². The van der Waals surface area contributed by atoms with E-state index in [-0.39, 0.29) is 12.5 Å². The fourth-order valence-electron chi connectivity index (χ4n) is 2.82. The lowest BCUT2D eigenvalue weighted by molar-refractivity contribution is -0.118. The van der Waals surface area contributed by atoms with Crippen molar-refractivity contribution in [1.29, 1.82) is 0 Å². The zero-order chi connectivity index (χ0) is 19.9. The van der Waals surface area contributed by atoms with Gasteiger partial charge in [0.15, 0.2) is 6.61 Å². The molecule has 1 N–H and O–H groups in total. The summed E-state index contributed by atoms with van der Waals surface area (Å²) in [4.78, 5) is 12.4. The summed E-state index contributed by atoms with van der Waals surface area (Å²) in [5.74, 6) is 1.17. The maximum Gasteiger partial charge on any atom is 0.262 e. The minimum absolute atomic E-state index is 0.0827. The number of carbonyl (C=O) groups excluding carboxylic acids is 1. The van der Waals surface area contributed by atoms with E-state index in [1.54, 1.807) is 12.1 Å². The van der Waals surface area contributed by atoms with Crippen molar-refractivity contribution in [2.24, 2.45) is 0 Å². The van der Waals surface area contributed by atoms with E-state index in [0.717, 1.165) is 29.2 Å². The zero-order valence-electron chi connectivity index (χ0n) is 16.4. The molecule has 0 bridgehead atoms. The first-order chi connectivity index (χ1) is 13.6. The molecule has 1 amide bonds. The number of aryl methyl sites for hydroxylation is 2. The average Bonchev–Trinajstić information content (AvgIpc) is 3.04. The van der Waals surface area contributed by atoms with Gasteiger partial charge in [0, 0.05) is 5.69 Å². The quantitative estimate of drug-likeness (QED) is 0.634. The number of hydrogen-bond donors (Lipinski definition) is 1. The van der Waals surface area contributed by atoms with Crippen LogP contribution in [0.1, 0.15) is 24.7 Å². The summed E-state index contributed by atoms with van der Waals surface area (Å²) >= 11 is 0. The Balaban J connectivity index is 1.62. The summed E-state index contributed by atoms with van der Waals surface area (Å²) in [5, 5.41) is 7.40. The van der Waals surface area contributed by atoms with E-state index in [9.17, 15) is 4.79 Å². The van der Waals surface area contributed by atoms with Gasteiger partial charge in [-0.15, -0.1) is 0 Å². The first-order valence-corrected chi connectivity index (χ1v) is 9.35. The van der Waals surface area contributed by atoms with Crippen LogP contribution in [0.25, 0.3) is 5.69 Å². The number of nitrogens with one attached hydrogen (secondary N) is 1. The van der Waals surface area contributed by atoms with Crippen LogP contribution in [-0.2, 0) is 4.79 Å². The smallest absolute Gasteiger partial charge is 0.262 e. The molecule has 0 aliphatic heterocycles. The molecule has 28 heavy (non-hydrogen) atoms. The lowest BCUT2D eigenvalue weighted by Gasteiger charge is -2.13. The van der Waals surface area contributed by atoms with Crippen LogP contribution in [-0.4, -0.2) is 28.9 Å². The summed E-state index contributed by atoms with van der Waals surface area (Å²) in [6.45, 7) is 6.58. The minimum Gasteiger partial charge on any atom is -0.494 e. The Labute approximate surface area is 165 Å². The van der Waals surface area contributed by atoms with Gasteiger partial charge >= 0.3 is 0 Å². The van der Waals surface area contributed by atoms with E-state index in [4.69, 9.17) is 9.47 Å². The van der Waals surface area contributed by atoms with Crippen LogP contribution in [0.5, 0.6) is 11.5 Å². The third-order valence-corrected chi connectivity index (χ3v) is 4.08. The second-order valence-electron chi connectivity index (χ2n) is 6.51. The largest absolute Gasteiger partial charge is 0.494 e. The number of para-hydroxylation sites is 2. The SMILES string of the molecule is CCCOc1ccc(OCC(=O)Nc2ccccc2-n2nc(C)cc2C)cc1. The Morgan fingerprint density at radius 1 is 1.04 bits per heavy atom. The Kier molecular flexibility index (Phi) is 6.32. The molecule has 0 unspecified atom stereocenters. The number of benzene rings is 2. The van der Waals surface area contributed by atoms with E-state index >= 15 is 0 Å². The number of amides is 1. The molecule has 0 saturated carbocycles. The van der Waals surface area contributed by atoms with Crippen LogP contribution in [0.15, 0.2) is 54.6 Å². The number of rotatable bonds is 8. The van der Waals surface area contributed by atoms with Crippen LogP contribution in [0.2, 0.25) is 0 Å². The van der Waals surface area contributed by atoms with Gasteiger partial charge in [0.1, 0.15) is 11.5 Å². The highest BCUT2D eigenvalue weighted by molar-refractivity contribution is 5.93. The van der Waals surface area contributed by atoms with Gasteiger partial charge in [-0.2, -0.15) is 5.10 Å². The van der Waals surface area contributed by atoms with Gasteiger partial charge in [0.2, 0.25) is 0 Å². The first kappa shape index (κ1) is 19.5. The number of carbonyl (C=O) groups is 1. The highest BCUT2D eigenvalue weighted by Crippen LogP contribution is 2.22. The van der Waals surface area contributed by atoms with Crippen molar-refractivity contribution in [2.45, 2.75) is 27.2 Å². The lowest BCUT2D eigenvalue weighted by Crippen LogP contribution is -2.21. The Bertz CT molecular complexity index is 932. The first-order valence-electron chi connectivity index (χ1n) is 9.35. The maximum absolute atomic E-state index is 12.4. The van der Waals surface area contributed by atoms with Crippen molar-refractivity contribution < 1.29 is 14.3 Å². The highest BCUT2D eigenvalue weighted by Gasteiger charge is 2.11. The molecule has 2 aromatic carbocycles. The number of anilines is 1. The molecule has 0 aliphatic carbocycles. The maximum atomic E-state index is 12.4. The van der Waals surface area contributed by atoms with Crippen molar-refractivity contribution >= 4 is 11.6 Å². The molecular formula is C22H25N3O3. The lowest BCUT2D eigenvalue weighted by atomic mass is 10.2. The van der Waals surface area contributed by atoms with E-state index < -0.39 is 0 Å². The topological polar surface area (TPSA) is 65.4 Å². The van der Waals surface area contributed by atoms with Crippen LogP contribution in [0.3, 0.4) is 0 Å². The molecule has 0 radical (unpaired) electrons. The summed E-state index contributed by atoms with van der Waals surface area (Å²) in [7, 11) is 0. The van der Waals surface area contributed by atoms with E-state index in [1.807, 2.05) is 61.0 Å². The molecular weight excluding hydrogens is 354 g/mol. The van der Waals surface area contributed by atoms with Gasteiger partial charge in [0.05, 0.1) is 23.7 Å². The van der Waals surface area contributed by atoms with Crippen LogP contribution in [0.4, 0.5) is 5.69 Å². The van der Waals surface area contributed by atoms with Gasteiger partial charge in [-0.25, -0.2) is 4.68 Å². The summed E-state index contributed by atoms with van der Waals surface area (Å²) in [6.07, 6.45) is 0.956. The van der Waals surface area contributed by atoms with Gasteiger partial charge in [-0.3, -0.25) is 4.79 Å². The van der Waals surface area contributed by atoms with Crippen molar-refractivity contribution in [2.75, 3.05) is 18.5 Å². The fourth-order valence-corrected chi connectivity index (χ4v) is 2.82. The van der Waals surface area contributed by atoms with Crippen molar-refractivity contribution in [3.63, 3.8) is 0 Å². The molecule has 6 heteroatoms. The number of aromatic nitrogens is 2. The third-order valence-electron chi connectivity index (χ3n) is 4.08. The molecule has 1 heterocycles. The third kappa shape index (κ3) is 4.91. The summed E-state index contributed by atoms with van der Waals surface area (Å²) < 4.78 is 12.9. The second-order valence-corrected chi connectivity index (χ2v) is 6.51. The van der Waals surface area contributed by atoms with Gasteiger partial charge in [0.25, 0.3) is 5.91 Å². The summed E-state index contributed by atoms with van der Waals surface area (Å²) in [6, 6.07) is 16.8. The molecule has 0 saturated heterocycles. The molecule has 1 aromatic heterocycles. The molecule has 0 spiro atoms. The van der Waals surface area contributed by atoms with Crippen molar-refractivity contribution in [3.05, 3.63) is 66.0 Å². The number of nitrogens with zero attached hydrogens (tertiary/aromatic N) is 2. The molecule has 3 rings (SSSR count). The van der Waals surface area contributed by atoms with Gasteiger partial charge in [-0.1, -0.05) is 19.1 Å². The normalized spacial score (nSPS) is 10.5. The standard InChI is InChI=1S/C22H25N3O3/c1-4-13-27-18-9-11-19(12-10-18)28-15-22(26)23-20-7-5-6-8-21(20)25-17(3)14-16(2)24-25/h5-12,14H,4,13,15H2,1-3H3,(H,23,26). The van der Waals surface area contributed by atoms with Crippen LogP contribution < -0.4 is 14.8 Å². The second kappa shape index (κ2) is 9.08. The molecule has 0 fully saturated rings. The van der Waals surface area contributed by atoms with Crippen molar-refractivity contribution in [1.82, 2.24) is 9.78 Å². The highest BCUT2D eigenvalue weighted by atomic mass is 16.5. The number of ether oxygens (including phenoxy) is 2. The predicted molar refractivity (Wildman–Crippen MR) is 109 cm³/mol. The zero-order valence-corrected chi connectivity index (χ0v) is 16.4. The Morgan fingerprint density at radius 3 is 2.36 bits per heavy atom. The molecule has 3 aromatic rings. The van der Waals surface area contributed by atoms with Gasteiger partial charge < -0.3 is 14.8 Å². The molecule has 0 aliphatic rings. The monoisotopic (exact) mass is 379 g/mol. The number of hydrogen-bond acceptors (Lipinski definition) is 4. The average molecular weight is 379 g/mol. The fraction of sp³-hybridized carbons (Fsp3) is 0.273. The molecule has 6 nitrogen and oxygen atoms in total. The Morgan fingerprint density at radius 2 is 1.71 bits per heavy atom. The van der Waals surface area contributed by atoms with Crippen molar-refractivity contribution in [3.8, 4) is 17.2 Å². The molecule has 146 valence electrons. The molecule has 0 atom stereocenters. The minimum atomic E-state index is -0.236. The Hall–Kier alpha value is -3.28.